The molecule has 7 aromatic rings. The van der Waals surface area contributed by atoms with Crippen LogP contribution in [0.1, 0.15) is 34.2 Å². The molecule has 0 aromatic heterocycles. The third-order valence-corrected chi connectivity index (χ3v) is 18.2. The molecule has 2 fully saturated rings. The minimum atomic E-state index is -5.19. The van der Waals surface area contributed by atoms with Gasteiger partial charge >= 0.3 is 0 Å². The first-order valence-corrected chi connectivity index (χ1v) is 29.3. The molecule has 0 radical (unpaired) electrons. The van der Waals surface area contributed by atoms with Crippen LogP contribution in [0.2, 0.25) is 0 Å². The van der Waals surface area contributed by atoms with E-state index < -0.39 is 138 Å². The van der Waals surface area contributed by atoms with Crippen molar-refractivity contribution >= 4 is 31.4 Å². The first kappa shape index (κ1) is 59.8. The van der Waals surface area contributed by atoms with E-state index in [0.717, 1.165) is 44.0 Å². The number of ether oxygens (including phenoxy) is 5. The van der Waals surface area contributed by atoms with Crippen molar-refractivity contribution in [2.75, 3.05) is 6.54 Å². The number of benzene rings is 7. The van der Waals surface area contributed by atoms with Gasteiger partial charge in [-0.25, -0.2) is 16.8 Å². The number of aliphatic hydroxyl groups excluding tert-OH is 2. The maximum Gasteiger partial charge on any atom is 0.289 e. The maximum atomic E-state index is 15.8. The van der Waals surface area contributed by atoms with Gasteiger partial charge in [-0.3, -0.25) is 20.2 Å². The zero-order valence-electron chi connectivity index (χ0n) is 44.4. The smallest absolute Gasteiger partial charge is 0.289 e. The van der Waals surface area contributed by atoms with Crippen LogP contribution in [0.4, 0.5) is 11.4 Å². The average Bonchev–Trinajstić information content (AvgIpc) is 1.76. The quantitative estimate of drug-likeness (QED) is 0.0178. The van der Waals surface area contributed by atoms with Crippen LogP contribution in [-0.4, -0.2) is 113 Å². The van der Waals surface area contributed by atoms with E-state index >= 15 is 16.8 Å². The van der Waals surface area contributed by atoms with Crippen LogP contribution in [0.3, 0.4) is 0 Å². The number of hydrogen-bond donors (Lipinski definition) is 2. The van der Waals surface area contributed by atoms with Crippen LogP contribution in [0.25, 0.3) is 10.4 Å². The number of rotatable bonds is 25. The second-order valence-electron chi connectivity index (χ2n) is 19.7. The second kappa shape index (κ2) is 27.5. The SMILES string of the molecule is [N-]=[N+]=NC[C@H]1O[C@H](O[C@@H]2[C@@H](O)[C@@H](O)[C@H](N(Cc3ccccc3)S(=O)(=O)c3ccccc3[N+](=O)[O-])C[C@@H]2N(Cc2ccccc2)S(=O)(=O)c2ccccc2[N+](=O)[O-])[C@H](OCc2ccccc2)[C@@H](OCc2ccccc2)[C@@H]1OCc1ccccc1. The van der Waals surface area contributed by atoms with Crippen molar-refractivity contribution in [1.82, 2.24) is 8.61 Å². The van der Waals surface area contributed by atoms with Gasteiger partial charge in [-0.1, -0.05) is 181 Å². The first-order valence-electron chi connectivity index (χ1n) is 26.4. The third kappa shape index (κ3) is 14.2. The standard InChI is InChI=1S/C59H59N7O15S2/c60-62-61-35-50-56(77-38-43-24-10-3-11-25-43)57(78-39-44-26-12-4-13-27-44)58(79-40-45-28-14-5-15-29-45)59(80-50)81-55-49(64(37-42-22-8-2-9-23-42)83(75,76)52-33-19-17-31-47(52)66(71)72)34-48(53(67)54(55)68)63(36-41-20-6-1-7-21-41)82(73,74)51-32-18-16-30-46(51)65(69)70/h1-33,48-50,53-59,67-68H,34-40H2/t48-,49+,50-,53+,54+,55+,56-,57+,58-,59-/m1/s1. The van der Waals surface area contributed by atoms with Crippen molar-refractivity contribution in [2.24, 2.45) is 5.11 Å². The number of hydrogen-bond acceptors (Lipinski definition) is 16. The summed E-state index contributed by atoms with van der Waals surface area (Å²) in [7, 11) is -10.3. The molecule has 0 unspecified atom stereocenters. The van der Waals surface area contributed by atoms with Gasteiger partial charge in [0.1, 0.15) is 30.5 Å². The van der Waals surface area contributed by atoms with Crippen LogP contribution >= 0.6 is 0 Å². The lowest BCUT2D eigenvalue weighted by atomic mass is 9.83. The number of sulfonamides is 2. The second-order valence-corrected chi connectivity index (χ2v) is 23.4. The lowest BCUT2D eigenvalue weighted by Gasteiger charge is -2.51. The number of para-hydroxylation sites is 2. The molecule has 0 amide bonds. The minimum Gasteiger partial charge on any atom is -0.389 e. The number of azide groups is 1. The molecule has 0 bridgehead atoms. The Kier molecular flexibility index (Phi) is 19.8. The van der Waals surface area contributed by atoms with E-state index in [1.54, 1.807) is 84.9 Å². The first-order chi connectivity index (χ1) is 40.1. The largest absolute Gasteiger partial charge is 0.389 e. The van der Waals surface area contributed by atoms with Gasteiger partial charge in [0.15, 0.2) is 16.1 Å². The van der Waals surface area contributed by atoms with Gasteiger partial charge in [0.25, 0.3) is 31.4 Å². The van der Waals surface area contributed by atoms with E-state index in [4.69, 9.17) is 23.7 Å². The Morgan fingerprint density at radius 3 is 1.31 bits per heavy atom. The molecular formula is C59H59N7O15S2. The fourth-order valence-electron chi connectivity index (χ4n) is 10.4. The van der Waals surface area contributed by atoms with Crippen LogP contribution in [-0.2, 0) is 76.6 Å². The molecule has 2 aliphatic rings. The summed E-state index contributed by atoms with van der Waals surface area (Å²) >= 11 is 0. The van der Waals surface area contributed by atoms with Crippen LogP contribution in [0.5, 0.6) is 0 Å². The molecule has 1 heterocycles. The molecule has 9 rings (SSSR count). The van der Waals surface area contributed by atoms with E-state index in [9.17, 15) is 36.0 Å². The van der Waals surface area contributed by atoms with Gasteiger partial charge in [-0.2, -0.15) is 8.61 Å². The van der Waals surface area contributed by atoms with E-state index in [2.05, 4.69) is 10.0 Å². The summed E-state index contributed by atoms with van der Waals surface area (Å²) in [6, 6.07) is 49.1. The van der Waals surface area contributed by atoms with Crippen molar-refractivity contribution in [1.29, 1.82) is 0 Å². The third-order valence-electron chi connectivity index (χ3n) is 14.4. The monoisotopic (exact) mass is 1170 g/mol. The predicted octanol–water partition coefficient (Wildman–Crippen LogP) is 8.62. The van der Waals surface area contributed by atoms with E-state index in [1.807, 2.05) is 66.7 Å². The Morgan fingerprint density at radius 2 is 0.892 bits per heavy atom. The molecule has 432 valence electrons. The summed E-state index contributed by atoms with van der Waals surface area (Å²) in [5, 5.41) is 54.9. The highest BCUT2D eigenvalue weighted by Crippen LogP contribution is 2.42. The number of aliphatic hydroxyl groups is 2. The predicted molar refractivity (Wildman–Crippen MR) is 301 cm³/mol. The molecule has 0 spiro atoms. The molecular weight excluding hydrogens is 1110 g/mol. The highest BCUT2D eigenvalue weighted by molar-refractivity contribution is 7.89. The van der Waals surface area contributed by atoms with Gasteiger partial charge in [-0.05, 0) is 51.9 Å². The van der Waals surface area contributed by atoms with Gasteiger partial charge in [-0.15, -0.1) is 0 Å². The lowest BCUT2D eigenvalue weighted by Crippen LogP contribution is -2.68. The number of nitrogens with zero attached hydrogens (tertiary/aromatic N) is 7. The Balaban J connectivity index is 1.23. The van der Waals surface area contributed by atoms with Crippen LogP contribution < -0.4 is 0 Å². The van der Waals surface area contributed by atoms with Crippen molar-refractivity contribution in [2.45, 2.75) is 110 Å². The maximum absolute atomic E-state index is 15.8. The summed E-state index contributed by atoms with van der Waals surface area (Å²) in [6.45, 7) is -1.68. The normalized spacial score (nSPS) is 22.8. The van der Waals surface area contributed by atoms with Gasteiger partial charge in [0, 0.05) is 30.1 Å². The summed E-state index contributed by atoms with van der Waals surface area (Å²) < 4.78 is 97.9. The Morgan fingerprint density at radius 1 is 0.518 bits per heavy atom. The Bertz CT molecular complexity index is 3560. The van der Waals surface area contributed by atoms with Crippen molar-refractivity contribution in [3.05, 3.63) is 259 Å². The van der Waals surface area contributed by atoms with Gasteiger partial charge in [0.05, 0.1) is 60.5 Å². The zero-order valence-corrected chi connectivity index (χ0v) is 46.1. The molecule has 7 aromatic carbocycles. The molecule has 1 aliphatic heterocycles. The van der Waals surface area contributed by atoms with Gasteiger partial charge in [0.2, 0.25) is 0 Å². The Labute approximate surface area is 479 Å². The molecule has 24 heteroatoms. The summed E-state index contributed by atoms with van der Waals surface area (Å²) in [4.78, 5) is 25.0. The summed E-state index contributed by atoms with van der Waals surface area (Å²) in [5.74, 6) is 0. The summed E-state index contributed by atoms with van der Waals surface area (Å²) in [5.41, 5.74) is 11.0. The lowest BCUT2D eigenvalue weighted by molar-refractivity contribution is -0.388. The molecule has 2 N–H and O–H groups in total. The van der Waals surface area contributed by atoms with Crippen molar-refractivity contribution in [3.63, 3.8) is 0 Å². The van der Waals surface area contributed by atoms with E-state index in [0.29, 0.717) is 16.7 Å². The van der Waals surface area contributed by atoms with Gasteiger partial charge < -0.3 is 33.9 Å². The molecule has 1 saturated heterocycles. The summed E-state index contributed by atoms with van der Waals surface area (Å²) in [6.07, 6.45) is -13.8. The zero-order chi connectivity index (χ0) is 58.5. The molecule has 22 nitrogen and oxygen atoms in total. The molecule has 83 heavy (non-hydrogen) atoms. The van der Waals surface area contributed by atoms with E-state index in [-0.39, 0.29) is 19.8 Å². The minimum absolute atomic E-state index is 0.00715. The topological polar surface area (TPSA) is 296 Å². The van der Waals surface area contributed by atoms with Crippen LogP contribution in [0.15, 0.2) is 215 Å². The van der Waals surface area contributed by atoms with Crippen LogP contribution in [0, 0.1) is 20.2 Å². The number of nitro benzene ring substituents is 2. The Hall–Kier alpha value is -7.81. The van der Waals surface area contributed by atoms with E-state index in [1.165, 1.54) is 24.3 Å². The molecule has 10 atom stereocenters. The number of nitro groups is 2. The fourth-order valence-corrected chi connectivity index (χ4v) is 14.0. The fraction of sp³-hybridized carbons (Fsp3) is 0.288. The average molecular weight is 1170 g/mol. The van der Waals surface area contributed by atoms with Crippen molar-refractivity contribution < 1.29 is 60.6 Å². The molecule has 1 saturated carbocycles. The van der Waals surface area contributed by atoms with Crippen molar-refractivity contribution in [3.8, 4) is 0 Å². The highest BCUT2D eigenvalue weighted by atomic mass is 32.2. The highest BCUT2D eigenvalue weighted by Gasteiger charge is 2.57. The molecule has 1 aliphatic carbocycles.